The van der Waals surface area contributed by atoms with Crippen LogP contribution >= 0.6 is 56.8 Å². The maximum atomic E-state index is 14.7. The van der Waals surface area contributed by atoms with E-state index in [1.807, 2.05) is 31.2 Å². The van der Waals surface area contributed by atoms with Crippen molar-refractivity contribution in [3.63, 3.8) is 0 Å². The molecule has 2 aromatic carbocycles. The number of amides is 2. The van der Waals surface area contributed by atoms with Crippen molar-refractivity contribution in [1.29, 1.82) is 0 Å². The number of halogens is 5. The molecule has 1 aromatic heterocycles. The molecule has 0 radical (unpaired) electrons. The van der Waals surface area contributed by atoms with E-state index in [1.54, 1.807) is 11.1 Å². The molecule has 2 aliphatic heterocycles. The van der Waals surface area contributed by atoms with Gasteiger partial charge in [-0.3, -0.25) is 14.6 Å². The SMILES string of the molecule is C[C@@H]1CCC[C@H](N2CCC(c3c(F)ccc(Cl)c3F)=CC2=O)c2cc(ccn2)-c2cc(I)c(I)cc2NC1=O. The maximum Gasteiger partial charge on any atom is 0.247 e. The first kappa shape index (κ1) is 28.4. The molecule has 2 amide bonds. The van der Waals surface area contributed by atoms with Crippen molar-refractivity contribution < 1.29 is 18.4 Å². The molecule has 0 unspecified atom stereocenters. The molecule has 0 saturated carbocycles. The van der Waals surface area contributed by atoms with Gasteiger partial charge in [0.05, 0.1) is 22.3 Å². The van der Waals surface area contributed by atoms with Gasteiger partial charge in [0.15, 0.2) is 5.82 Å². The highest BCUT2D eigenvalue weighted by Gasteiger charge is 2.31. The zero-order valence-corrected chi connectivity index (χ0v) is 26.0. The van der Waals surface area contributed by atoms with Crippen LogP contribution in [-0.4, -0.2) is 28.2 Å². The monoisotopic (exact) mass is 773 g/mol. The number of anilines is 1. The minimum atomic E-state index is -0.861. The van der Waals surface area contributed by atoms with E-state index in [-0.39, 0.29) is 52.9 Å². The second-order valence-electron chi connectivity index (χ2n) is 9.79. The van der Waals surface area contributed by atoms with E-state index in [0.717, 1.165) is 41.8 Å². The van der Waals surface area contributed by atoms with Crippen molar-refractivity contribution in [3.8, 4) is 11.1 Å². The van der Waals surface area contributed by atoms with Gasteiger partial charge >= 0.3 is 0 Å². The number of rotatable bonds is 2. The second-order valence-corrected chi connectivity index (χ2v) is 12.5. The summed E-state index contributed by atoms with van der Waals surface area (Å²) in [6, 6.07) is 9.79. The molecule has 3 heterocycles. The van der Waals surface area contributed by atoms with E-state index in [4.69, 9.17) is 11.6 Å². The number of carbonyl (C=O) groups is 2. The van der Waals surface area contributed by atoms with Gasteiger partial charge in [-0.05, 0) is 112 Å². The minimum absolute atomic E-state index is 0.0492. The van der Waals surface area contributed by atoms with E-state index in [2.05, 4.69) is 55.5 Å². The first-order valence-electron chi connectivity index (χ1n) is 12.5. The molecule has 2 atom stereocenters. The van der Waals surface area contributed by atoms with Crippen molar-refractivity contribution in [2.24, 2.45) is 5.92 Å². The summed E-state index contributed by atoms with van der Waals surface area (Å²) in [6.07, 6.45) is 5.22. The Balaban J connectivity index is 1.55. The Labute approximate surface area is 257 Å². The summed E-state index contributed by atoms with van der Waals surface area (Å²) in [4.78, 5) is 32.8. The standard InChI is InChI=1S/C29H24ClF2I2N3O2/c1-15-3-2-4-25(37-10-8-17(12-26(37)38)27-20(31)6-5-19(30)28(27)32)24-11-16(7-9-35-24)18-13-21(33)22(34)14-23(18)36-29(15)39/h5-7,9,11-15,25H,2-4,8,10H2,1H3,(H,36,39)/t15-,25+/m1/s1. The predicted octanol–water partition coefficient (Wildman–Crippen LogP) is 8.00. The number of benzene rings is 2. The van der Waals surface area contributed by atoms with Crippen LogP contribution in [-0.2, 0) is 9.59 Å². The number of carbonyl (C=O) groups excluding carboxylic acids is 2. The van der Waals surface area contributed by atoms with E-state index in [0.29, 0.717) is 19.3 Å². The van der Waals surface area contributed by atoms with Gasteiger partial charge in [-0.2, -0.15) is 0 Å². The summed E-state index contributed by atoms with van der Waals surface area (Å²) in [7, 11) is 0. The lowest BCUT2D eigenvalue weighted by atomic mass is 9.92. The summed E-state index contributed by atoms with van der Waals surface area (Å²) >= 11 is 10.4. The van der Waals surface area contributed by atoms with Crippen LogP contribution < -0.4 is 5.32 Å². The quantitative estimate of drug-likeness (QED) is 0.212. The zero-order chi connectivity index (χ0) is 27.8. The normalized spacial score (nSPS) is 19.9. The predicted molar refractivity (Wildman–Crippen MR) is 165 cm³/mol. The molecular formula is C29H24ClF2I2N3O2. The lowest BCUT2D eigenvalue weighted by Crippen LogP contribution is -2.38. The third kappa shape index (κ3) is 5.85. The lowest BCUT2D eigenvalue weighted by molar-refractivity contribution is -0.129. The number of hydrogen-bond acceptors (Lipinski definition) is 3. The van der Waals surface area contributed by atoms with E-state index < -0.39 is 11.6 Å². The molecule has 3 aromatic rings. The number of fused-ring (bicyclic) bond motifs is 4. The summed E-state index contributed by atoms with van der Waals surface area (Å²) < 4.78 is 31.3. The van der Waals surface area contributed by atoms with Crippen molar-refractivity contribution in [2.45, 2.75) is 38.6 Å². The summed E-state index contributed by atoms with van der Waals surface area (Å²) in [5.74, 6) is -2.22. The molecule has 1 N–H and O–H groups in total. The van der Waals surface area contributed by atoms with Crippen LogP contribution in [0.2, 0.25) is 5.02 Å². The van der Waals surface area contributed by atoms with Crippen LogP contribution in [0.3, 0.4) is 0 Å². The molecule has 202 valence electrons. The largest absolute Gasteiger partial charge is 0.330 e. The van der Waals surface area contributed by atoms with E-state index in [1.165, 1.54) is 6.08 Å². The summed E-state index contributed by atoms with van der Waals surface area (Å²) in [5, 5.41) is 2.92. The molecule has 5 nitrogen and oxygen atoms in total. The van der Waals surface area contributed by atoms with Crippen molar-refractivity contribution in [3.05, 3.63) is 83.7 Å². The molecule has 2 bridgehead atoms. The van der Waals surface area contributed by atoms with Crippen LogP contribution in [0, 0.1) is 24.7 Å². The zero-order valence-electron chi connectivity index (χ0n) is 20.9. The highest BCUT2D eigenvalue weighted by Crippen LogP contribution is 2.38. The number of pyridine rings is 1. The first-order chi connectivity index (χ1) is 18.6. The van der Waals surface area contributed by atoms with Gasteiger partial charge in [-0.1, -0.05) is 24.9 Å². The Hall–Kier alpha value is -2.12. The fourth-order valence-electron chi connectivity index (χ4n) is 5.14. The molecule has 39 heavy (non-hydrogen) atoms. The lowest BCUT2D eigenvalue weighted by Gasteiger charge is -2.34. The molecule has 10 heteroatoms. The van der Waals surface area contributed by atoms with Crippen molar-refractivity contribution in [1.82, 2.24) is 9.88 Å². The van der Waals surface area contributed by atoms with Crippen LogP contribution in [0.5, 0.6) is 0 Å². The second kappa shape index (κ2) is 11.8. The molecule has 0 fully saturated rings. The van der Waals surface area contributed by atoms with Gasteiger partial charge < -0.3 is 10.2 Å². The maximum absolute atomic E-state index is 14.7. The minimum Gasteiger partial charge on any atom is -0.330 e. The van der Waals surface area contributed by atoms with Crippen LogP contribution in [0.25, 0.3) is 16.7 Å². The van der Waals surface area contributed by atoms with Gasteiger partial charge in [0.25, 0.3) is 0 Å². The smallest absolute Gasteiger partial charge is 0.247 e. The Bertz CT molecular complexity index is 1510. The average Bonchev–Trinajstić information content (AvgIpc) is 2.91. The van der Waals surface area contributed by atoms with Crippen LogP contribution in [0.1, 0.15) is 49.9 Å². The third-order valence-electron chi connectivity index (χ3n) is 7.26. The van der Waals surface area contributed by atoms with Gasteiger partial charge in [-0.15, -0.1) is 0 Å². The summed E-state index contributed by atoms with van der Waals surface area (Å²) in [6.45, 7) is 2.18. The third-order valence-corrected chi connectivity index (χ3v) is 10.4. The number of nitrogens with one attached hydrogen (secondary N) is 1. The van der Waals surface area contributed by atoms with Gasteiger partial charge in [-0.25, -0.2) is 8.78 Å². The van der Waals surface area contributed by atoms with Gasteiger partial charge in [0.1, 0.15) is 5.82 Å². The van der Waals surface area contributed by atoms with Gasteiger partial charge in [0, 0.05) is 43.1 Å². The number of nitrogens with zero attached hydrogens (tertiary/aromatic N) is 2. The molecule has 2 aliphatic rings. The Morgan fingerprint density at radius 2 is 1.85 bits per heavy atom. The molecule has 0 spiro atoms. The Kier molecular flexibility index (Phi) is 8.58. The molecule has 0 saturated heterocycles. The van der Waals surface area contributed by atoms with Crippen LogP contribution in [0.15, 0.2) is 48.7 Å². The highest BCUT2D eigenvalue weighted by molar-refractivity contribution is 14.1. The van der Waals surface area contributed by atoms with Crippen molar-refractivity contribution >= 4 is 79.9 Å². The fourth-order valence-corrected chi connectivity index (χ4v) is 6.23. The molecule has 5 rings (SSSR count). The molecule has 0 aliphatic carbocycles. The van der Waals surface area contributed by atoms with Crippen molar-refractivity contribution in [2.75, 3.05) is 11.9 Å². The Morgan fingerprint density at radius 1 is 1.08 bits per heavy atom. The Morgan fingerprint density at radius 3 is 2.62 bits per heavy atom. The first-order valence-corrected chi connectivity index (χ1v) is 15.1. The topological polar surface area (TPSA) is 62.3 Å². The number of aromatic nitrogens is 1. The van der Waals surface area contributed by atoms with E-state index >= 15 is 0 Å². The number of hydrogen-bond donors (Lipinski definition) is 1. The van der Waals surface area contributed by atoms with Gasteiger partial charge in [0.2, 0.25) is 11.8 Å². The fraction of sp³-hybridized carbons (Fsp3) is 0.276. The summed E-state index contributed by atoms with van der Waals surface area (Å²) in [5.41, 5.74) is 3.26. The van der Waals surface area contributed by atoms with E-state index in [9.17, 15) is 18.4 Å². The molecular weight excluding hydrogens is 750 g/mol. The highest BCUT2D eigenvalue weighted by atomic mass is 127. The average molecular weight is 774 g/mol. The van der Waals surface area contributed by atoms with Crippen LogP contribution in [0.4, 0.5) is 14.5 Å².